The van der Waals surface area contributed by atoms with Crippen LogP contribution in [-0.4, -0.2) is 37.6 Å². The molecular formula is C14H22Cl2N2. The molecule has 0 aliphatic carbocycles. The number of rotatable bonds is 6. The number of hydrogen-bond acceptors (Lipinski definition) is 2. The molecule has 0 radical (unpaired) electrons. The van der Waals surface area contributed by atoms with Crippen LogP contribution in [0.15, 0.2) is 18.2 Å². The Labute approximate surface area is 120 Å². The van der Waals surface area contributed by atoms with E-state index in [1.54, 1.807) is 0 Å². The third kappa shape index (κ3) is 4.77. The number of halogens is 2. The lowest BCUT2D eigenvalue weighted by Gasteiger charge is -2.32. The van der Waals surface area contributed by atoms with E-state index in [1.165, 1.54) is 5.56 Å². The van der Waals surface area contributed by atoms with Gasteiger partial charge in [0.1, 0.15) is 0 Å². The van der Waals surface area contributed by atoms with Gasteiger partial charge in [-0.2, -0.15) is 0 Å². The van der Waals surface area contributed by atoms with Gasteiger partial charge in [0.25, 0.3) is 0 Å². The second-order valence-electron chi connectivity index (χ2n) is 5.38. The summed E-state index contributed by atoms with van der Waals surface area (Å²) in [4.78, 5) is 2.22. The highest BCUT2D eigenvalue weighted by Crippen LogP contribution is 2.22. The van der Waals surface area contributed by atoms with Crippen LogP contribution in [-0.2, 0) is 6.42 Å². The minimum absolute atomic E-state index is 0.164. The SMILES string of the molecule is CN(C)C(C)(C)CNCCc1ccc(Cl)c(Cl)c1. The van der Waals surface area contributed by atoms with E-state index in [2.05, 4.69) is 38.2 Å². The number of hydrogen-bond donors (Lipinski definition) is 1. The van der Waals surface area contributed by atoms with Crippen LogP contribution in [0.2, 0.25) is 10.0 Å². The molecule has 0 aliphatic heterocycles. The van der Waals surface area contributed by atoms with E-state index in [0.29, 0.717) is 10.0 Å². The highest BCUT2D eigenvalue weighted by atomic mass is 35.5. The molecule has 1 N–H and O–H groups in total. The fourth-order valence-electron chi connectivity index (χ4n) is 1.48. The Morgan fingerprint density at radius 3 is 2.39 bits per heavy atom. The summed E-state index contributed by atoms with van der Waals surface area (Å²) in [6.07, 6.45) is 0.959. The van der Waals surface area contributed by atoms with Crippen molar-refractivity contribution in [2.24, 2.45) is 0 Å². The number of likely N-dealkylation sites (N-methyl/N-ethyl adjacent to an activating group) is 1. The molecule has 2 nitrogen and oxygen atoms in total. The number of benzene rings is 1. The molecule has 1 aromatic rings. The highest BCUT2D eigenvalue weighted by Gasteiger charge is 2.19. The van der Waals surface area contributed by atoms with Gasteiger partial charge in [0.05, 0.1) is 10.0 Å². The minimum Gasteiger partial charge on any atom is -0.315 e. The van der Waals surface area contributed by atoms with Crippen molar-refractivity contribution in [3.8, 4) is 0 Å². The lowest BCUT2D eigenvalue weighted by atomic mass is 10.0. The van der Waals surface area contributed by atoms with Crippen LogP contribution in [0.25, 0.3) is 0 Å². The maximum Gasteiger partial charge on any atom is 0.0595 e. The van der Waals surface area contributed by atoms with Gasteiger partial charge < -0.3 is 10.2 Å². The Balaban J connectivity index is 2.36. The van der Waals surface area contributed by atoms with E-state index >= 15 is 0 Å². The molecule has 0 heterocycles. The molecule has 0 saturated carbocycles. The largest absolute Gasteiger partial charge is 0.315 e. The van der Waals surface area contributed by atoms with Crippen LogP contribution in [0.3, 0.4) is 0 Å². The van der Waals surface area contributed by atoms with Gasteiger partial charge in [-0.1, -0.05) is 29.3 Å². The molecule has 0 aliphatic rings. The smallest absolute Gasteiger partial charge is 0.0595 e. The van der Waals surface area contributed by atoms with Gasteiger partial charge in [0.2, 0.25) is 0 Å². The average molecular weight is 289 g/mol. The third-order valence-corrected chi connectivity index (χ3v) is 4.08. The fraction of sp³-hybridized carbons (Fsp3) is 0.571. The third-order valence-electron chi connectivity index (χ3n) is 3.34. The summed E-state index contributed by atoms with van der Waals surface area (Å²) in [5.74, 6) is 0. The van der Waals surface area contributed by atoms with Crippen molar-refractivity contribution in [1.29, 1.82) is 0 Å². The van der Waals surface area contributed by atoms with Crippen LogP contribution < -0.4 is 5.32 Å². The van der Waals surface area contributed by atoms with Gasteiger partial charge in [0.15, 0.2) is 0 Å². The fourth-order valence-corrected chi connectivity index (χ4v) is 1.80. The van der Waals surface area contributed by atoms with Crippen LogP contribution in [0.1, 0.15) is 19.4 Å². The molecule has 0 fully saturated rings. The second kappa shape index (κ2) is 6.76. The van der Waals surface area contributed by atoms with Gasteiger partial charge in [-0.05, 0) is 58.6 Å². The van der Waals surface area contributed by atoms with Crippen LogP contribution in [0, 0.1) is 0 Å². The van der Waals surface area contributed by atoms with Crippen molar-refractivity contribution in [1.82, 2.24) is 10.2 Å². The zero-order valence-corrected chi connectivity index (χ0v) is 13.1. The number of nitrogens with zero attached hydrogens (tertiary/aromatic N) is 1. The van der Waals surface area contributed by atoms with E-state index < -0.39 is 0 Å². The van der Waals surface area contributed by atoms with Crippen molar-refractivity contribution in [2.75, 3.05) is 27.2 Å². The molecule has 0 aromatic heterocycles. The summed E-state index contributed by atoms with van der Waals surface area (Å²) in [7, 11) is 4.20. The van der Waals surface area contributed by atoms with E-state index in [1.807, 2.05) is 18.2 Å². The van der Waals surface area contributed by atoms with E-state index in [4.69, 9.17) is 23.2 Å². The predicted octanol–water partition coefficient (Wildman–Crippen LogP) is 3.47. The second-order valence-corrected chi connectivity index (χ2v) is 6.20. The predicted molar refractivity (Wildman–Crippen MR) is 80.8 cm³/mol. The van der Waals surface area contributed by atoms with Crippen molar-refractivity contribution in [3.63, 3.8) is 0 Å². The number of nitrogens with one attached hydrogen (secondary N) is 1. The molecule has 0 saturated heterocycles. The Morgan fingerprint density at radius 1 is 1.17 bits per heavy atom. The lowest BCUT2D eigenvalue weighted by Crippen LogP contribution is -2.47. The molecule has 0 atom stereocenters. The average Bonchev–Trinajstić information content (AvgIpc) is 2.29. The van der Waals surface area contributed by atoms with Crippen molar-refractivity contribution >= 4 is 23.2 Å². The van der Waals surface area contributed by atoms with Crippen LogP contribution >= 0.6 is 23.2 Å². The topological polar surface area (TPSA) is 15.3 Å². The van der Waals surface area contributed by atoms with Gasteiger partial charge in [-0.25, -0.2) is 0 Å². The monoisotopic (exact) mass is 288 g/mol. The summed E-state index contributed by atoms with van der Waals surface area (Å²) in [5, 5.41) is 4.71. The first-order valence-corrected chi connectivity index (χ1v) is 6.90. The molecule has 18 heavy (non-hydrogen) atoms. The summed E-state index contributed by atoms with van der Waals surface area (Å²) < 4.78 is 0. The summed E-state index contributed by atoms with van der Waals surface area (Å²) in [6.45, 7) is 6.34. The van der Waals surface area contributed by atoms with Gasteiger partial charge in [-0.3, -0.25) is 0 Å². The zero-order valence-electron chi connectivity index (χ0n) is 11.6. The van der Waals surface area contributed by atoms with Gasteiger partial charge in [0, 0.05) is 12.1 Å². The van der Waals surface area contributed by atoms with Crippen molar-refractivity contribution in [3.05, 3.63) is 33.8 Å². The summed E-state index contributed by atoms with van der Waals surface area (Å²) in [6, 6.07) is 5.80. The first-order valence-electron chi connectivity index (χ1n) is 6.15. The van der Waals surface area contributed by atoms with Gasteiger partial charge in [-0.15, -0.1) is 0 Å². The Morgan fingerprint density at radius 2 is 1.83 bits per heavy atom. The summed E-state index contributed by atoms with van der Waals surface area (Å²) in [5.41, 5.74) is 1.37. The maximum atomic E-state index is 5.98. The minimum atomic E-state index is 0.164. The maximum absolute atomic E-state index is 5.98. The first kappa shape index (κ1) is 15.8. The molecule has 1 aromatic carbocycles. The quantitative estimate of drug-likeness (QED) is 0.807. The molecule has 102 valence electrons. The van der Waals surface area contributed by atoms with E-state index in [-0.39, 0.29) is 5.54 Å². The van der Waals surface area contributed by atoms with Crippen molar-refractivity contribution < 1.29 is 0 Å². The molecule has 0 unspecified atom stereocenters. The first-order chi connectivity index (χ1) is 8.33. The Bertz CT molecular complexity index is 389. The highest BCUT2D eigenvalue weighted by molar-refractivity contribution is 6.42. The lowest BCUT2D eigenvalue weighted by molar-refractivity contribution is 0.190. The van der Waals surface area contributed by atoms with Crippen LogP contribution in [0.5, 0.6) is 0 Å². The molecule has 0 bridgehead atoms. The van der Waals surface area contributed by atoms with Crippen molar-refractivity contribution in [2.45, 2.75) is 25.8 Å². The standard InChI is InChI=1S/C14H22Cl2N2/c1-14(2,18(3)4)10-17-8-7-11-5-6-12(15)13(16)9-11/h5-6,9,17H,7-8,10H2,1-4H3. The van der Waals surface area contributed by atoms with E-state index in [0.717, 1.165) is 19.5 Å². The summed E-state index contributed by atoms with van der Waals surface area (Å²) >= 11 is 11.9. The molecule has 0 amide bonds. The zero-order chi connectivity index (χ0) is 13.8. The van der Waals surface area contributed by atoms with E-state index in [9.17, 15) is 0 Å². The normalized spacial score (nSPS) is 12.2. The Kier molecular flexibility index (Phi) is 5.93. The molecular weight excluding hydrogens is 267 g/mol. The molecule has 0 spiro atoms. The van der Waals surface area contributed by atoms with Gasteiger partial charge >= 0.3 is 0 Å². The molecule has 4 heteroatoms. The molecule has 1 rings (SSSR count). The Hall–Kier alpha value is -0.280. The van der Waals surface area contributed by atoms with Crippen LogP contribution in [0.4, 0.5) is 0 Å².